The number of amides is 2. The Morgan fingerprint density at radius 2 is 1.71 bits per heavy atom. The third-order valence-electron chi connectivity index (χ3n) is 4.48. The predicted molar refractivity (Wildman–Crippen MR) is 116 cm³/mol. The zero-order valence-electron chi connectivity index (χ0n) is 17.3. The largest absolute Gasteiger partial charge is 0.497 e. The highest BCUT2D eigenvalue weighted by atomic mass is 16.5. The minimum absolute atomic E-state index is 0.177. The number of ether oxygens (including phenoxy) is 2. The van der Waals surface area contributed by atoms with Crippen LogP contribution in [-0.2, 0) is 14.3 Å². The predicted octanol–water partition coefficient (Wildman–Crippen LogP) is 2.32. The molecule has 0 atom stereocenters. The molecule has 31 heavy (non-hydrogen) atoms. The third kappa shape index (κ3) is 5.57. The van der Waals surface area contributed by atoms with Gasteiger partial charge in [0.25, 0.3) is 5.91 Å². The molecule has 8 nitrogen and oxygen atoms in total. The average Bonchev–Trinajstić information content (AvgIpc) is 2.80. The number of rotatable bonds is 8. The molecule has 2 N–H and O–H groups in total. The molecule has 0 aliphatic rings. The zero-order valence-corrected chi connectivity index (χ0v) is 17.3. The highest BCUT2D eigenvalue weighted by Crippen LogP contribution is 2.26. The number of likely N-dealkylation sites (N-methyl/N-ethyl adjacent to an activating group) is 1. The number of hydrogen-bond donors (Lipinski definition) is 2. The number of benzene rings is 2. The summed E-state index contributed by atoms with van der Waals surface area (Å²) >= 11 is 0. The summed E-state index contributed by atoms with van der Waals surface area (Å²) in [6, 6.07) is 16.2. The molecule has 0 saturated heterocycles. The summed E-state index contributed by atoms with van der Waals surface area (Å²) in [4.78, 5) is 40.7. The first-order valence-corrected chi connectivity index (χ1v) is 9.76. The fourth-order valence-electron chi connectivity index (χ4n) is 2.95. The van der Waals surface area contributed by atoms with Gasteiger partial charge in [-0.25, -0.2) is 9.78 Å². The van der Waals surface area contributed by atoms with Gasteiger partial charge in [0, 0.05) is 17.5 Å². The van der Waals surface area contributed by atoms with Crippen LogP contribution in [0.2, 0.25) is 0 Å². The van der Waals surface area contributed by atoms with Gasteiger partial charge in [-0.1, -0.05) is 18.2 Å². The van der Waals surface area contributed by atoms with Crippen LogP contribution in [0.15, 0.2) is 54.6 Å². The number of carbonyl (C=O) groups is 3. The number of para-hydroxylation sites is 1. The molecule has 1 aromatic heterocycles. The Hall–Kier alpha value is -3.94. The molecule has 2 amide bonds. The van der Waals surface area contributed by atoms with Gasteiger partial charge in [-0.3, -0.25) is 9.59 Å². The normalized spacial score (nSPS) is 10.4. The maximum atomic E-state index is 12.8. The number of methoxy groups -OCH3 is 1. The van der Waals surface area contributed by atoms with E-state index in [1.807, 2.05) is 30.3 Å². The van der Waals surface area contributed by atoms with Gasteiger partial charge < -0.3 is 20.1 Å². The summed E-state index contributed by atoms with van der Waals surface area (Å²) in [5.41, 5.74) is 2.32. The second kappa shape index (κ2) is 10.2. The van der Waals surface area contributed by atoms with E-state index in [1.54, 1.807) is 38.3 Å². The lowest BCUT2D eigenvalue weighted by atomic mass is 10.0. The van der Waals surface area contributed by atoms with E-state index < -0.39 is 18.5 Å². The van der Waals surface area contributed by atoms with Crippen LogP contribution < -0.4 is 15.4 Å². The molecule has 0 unspecified atom stereocenters. The molecular formula is C23H23N3O5. The second-order valence-corrected chi connectivity index (χ2v) is 6.61. The van der Waals surface area contributed by atoms with Crippen LogP contribution in [0.1, 0.15) is 17.3 Å². The monoisotopic (exact) mass is 421 g/mol. The average molecular weight is 421 g/mol. The number of hydrogen-bond acceptors (Lipinski definition) is 6. The smallest absolute Gasteiger partial charge is 0.339 e. The van der Waals surface area contributed by atoms with E-state index in [0.29, 0.717) is 34.5 Å². The molecule has 0 aliphatic heterocycles. The van der Waals surface area contributed by atoms with E-state index in [2.05, 4.69) is 15.6 Å². The van der Waals surface area contributed by atoms with Crippen molar-refractivity contribution in [3.05, 3.63) is 60.2 Å². The van der Waals surface area contributed by atoms with Crippen molar-refractivity contribution in [1.29, 1.82) is 0 Å². The molecule has 1 heterocycles. The molecule has 8 heteroatoms. The molecule has 0 saturated carbocycles. The zero-order chi connectivity index (χ0) is 22.2. The maximum absolute atomic E-state index is 12.8. The maximum Gasteiger partial charge on any atom is 0.339 e. The molecule has 160 valence electrons. The summed E-state index contributed by atoms with van der Waals surface area (Å²) in [5.74, 6) is -0.816. The number of esters is 1. The van der Waals surface area contributed by atoms with Crippen molar-refractivity contribution in [2.45, 2.75) is 6.92 Å². The van der Waals surface area contributed by atoms with E-state index in [9.17, 15) is 14.4 Å². The van der Waals surface area contributed by atoms with E-state index in [1.165, 1.54) is 0 Å². The van der Waals surface area contributed by atoms with Crippen LogP contribution in [0.4, 0.5) is 0 Å². The van der Waals surface area contributed by atoms with Gasteiger partial charge >= 0.3 is 5.97 Å². The van der Waals surface area contributed by atoms with Gasteiger partial charge in [0.1, 0.15) is 5.75 Å². The fourth-order valence-corrected chi connectivity index (χ4v) is 2.95. The lowest BCUT2D eigenvalue weighted by Crippen LogP contribution is -2.38. The lowest BCUT2D eigenvalue weighted by Gasteiger charge is -2.11. The quantitative estimate of drug-likeness (QED) is 0.541. The van der Waals surface area contributed by atoms with E-state index >= 15 is 0 Å². The molecule has 0 spiro atoms. The number of pyridine rings is 1. The number of aromatic nitrogens is 1. The summed E-state index contributed by atoms with van der Waals surface area (Å²) < 4.78 is 10.4. The van der Waals surface area contributed by atoms with Gasteiger partial charge in [0.05, 0.1) is 30.4 Å². The Kier molecular flexibility index (Phi) is 7.16. The Morgan fingerprint density at radius 1 is 0.968 bits per heavy atom. The van der Waals surface area contributed by atoms with Crippen molar-refractivity contribution in [1.82, 2.24) is 15.6 Å². The Bertz CT molecular complexity index is 1100. The summed E-state index contributed by atoms with van der Waals surface area (Å²) in [5, 5.41) is 5.59. The van der Waals surface area contributed by atoms with Crippen LogP contribution in [-0.4, -0.2) is 49.6 Å². The van der Waals surface area contributed by atoms with Gasteiger partial charge in [0.2, 0.25) is 5.91 Å². The molecule has 0 radical (unpaired) electrons. The van der Waals surface area contributed by atoms with Gasteiger partial charge in [-0.2, -0.15) is 0 Å². The number of fused-ring (bicyclic) bond motifs is 1. The van der Waals surface area contributed by atoms with Crippen LogP contribution in [0.3, 0.4) is 0 Å². The molecule has 0 aliphatic carbocycles. The van der Waals surface area contributed by atoms with E-state index in [4.69, 9.17) is 9.47 Å². The van der Waals surface area contributed by atoms with Crippen molar-refractivity contribution in [2.75, 3.05) is 26.8 Å². The van der Waals surface area contributed by atoms with Crippen LogP contribution >= 0.6 is 0 Å². The molecule has 2 aromatic carbocycles. The first kappa shape index (κ1) is 21.8. The minimum Gasteiger partial charge on any atom is -0.497 e. The van der Waals surface area contributed by atoms with Crippen LogP contribution in [0.5, 0.6) is 5.75 Å². The fraction of sp³-hybridized carbons (Fsp3) is 0.217. The lowest BCUT2D eigenvalue weighted by molar-refractivity contribution is -0.127. The standard InChI is InChI=1S/C23H23N3O5/c1-3-24-21(27)13-25-22(28)14-31-23(29)18-12-20(15-8-10-16(30-2)11-9-15)26-19-7-5-4-6-17(18)19/h4-12H,3,13-14H2,1-2H3,(H,24,27)(H,25,28). The summed E-state index contributed by atoms with van der Waals surface area (Å²) in [7, 11) is 1.59. The second-order valence-electron chi connectivity index (χ2n) is 6.61. The molecule has 0 fully saturated rings. The van der Waals surface area contributed by atoms with E-state index in [-0.39, 0.29) is 12.5 Å². The topological polar surface area (TPSA) is 107 Å². The van der Waals surface area contributed by atoms with Gasteiger partial charge in [0.15, 0.2) is 6.61 Å². The van der Waals surface area contributed by atoms with Gasteiger partial charge in [-0.15, -0.1) is 0 Å². The Morgan fingerprint density at radius 3 is 2.42 bits per heavy atom. The van der Waals surface area contributed by atoms with Crippen LogP contribution in [0, 0.1) is 0 Å². The number of carbonyl (C=O) groups excluding carboxylic acids is 3. The SMILES string of the molecule is CCNC(=O)CNC(=O)COC(=O)c1cc(-c2ccc(OC)cc2)nc2ccccc12. The summed E-state index contributed by atoms with van der Waals surface area (Å²) in [6.45, 7) is 1.58. The molecule has 0 bridgehead atoms. The Labute approximate surface area is 179 Å². The molecule has 3 aromatic rings. The van der Waals surface area contributed by atoms with Crippen molar-refractivity contribution < 1.29 is 23.9 Å². The first-order valence-electron chi connectivity index (χ1n) is 9.76. The first-order chi connectivity index (χ1) is 15.0. The molecular weight excluding hydrogens is 398 g/mol. The van der Waals surface area contributed by atoms with Crippen molar-refractivity contribution >= 4 is 28.7 Å². The van der Waals surface area contributed by atoms with Crippen molar-refractivity contribution in [2.24, 2.45) is 0 Å². The van der Waals surface area contributed by atoms with Crippen molar-refractivity contribution in [3.63, 3.8) is 0 Å². The third-order valence-corrected chi connectivity index (χ3v) is 4.48. The number of nitrogens with one attached hydrogen (secondary N) is 2. The molecule has 3 rings (SSSR count). The van der Waals surface area contributed by atoms with E-state index in [0.717, 1.165) is 5.56 Å². The Balaban J connectivity index is 1.79. The number of nitrogens with zero attached hydrogens (tertiary/aromatic N) is 1. The highest BCUT2D eigenvalue weighted by Gasteiger charge is 2.17. The minimum atomic E-state index is -0.651. The van der Waals surface area contributed by atoms with Crippen LogP contribution in [0.25, 0.3) is 22.2 Å². The van der Waals surface area contributed by atoms with Crippen molar-refractivity contribution in [3.8, 4) is 17.0 Å². The highest BCUT2D eigenvalue weighted by molar-refractivity contribution is 6.05. The van der Waals surface area contributed by atoms with Gasteiger partial charge in [-0.05, 0) is 43.3 Å². The summed E-state index contributed by atoms with van der Waals surface area (Å²) in [6.07, 6.45) is 0.